The van der Waals surface area contributed by atoms with Crippen LogP contribution < -0.4 is 5.32 Å². The predicted molar refractivity (Wildman–Crippen MR) is 83.1 cm³/mol. The van der Waals surface area contributed by atoms with Gasteiger partial charge < -0.3 is 15.3 Å². The van der Waals surface area contributed by atoms with E-state index in [1.807, 2.05) is 31.2 Å². The van der Waals surface area contributed by atoms with Crippen LogP contribution in [0.4, 0.5) is 4.79 Å². The number of urea groups is 1. The van der Waals surface area contributed by atoms with Gasteiger partial charge in [0, 0.05) is 17.1 Å². The summed E-state index contributed by atoms with van der Waals surface area (Å²) in [5, 5.41) is 11.7. The smallest absolute Gasteiger partial charge is 0.318 e. The average molecular weight is 355 g/mol. The van der Waals surface area contributed by atoms with Crippen molar-refractivity contribution in [3.63, 3.8) is 0 Å². The molecule has 21 heavy (non-hydrogen) atoms. The molecule has 0 bridgehead atoms. The van der Waals surface area contributed by atoms with Crippen LogP contribution in [0.5, 0.6) is 0 Å². The van der Waals surface area contributed by atoms with Crippen molar-refractivity contribution >= 4 is 27.9 Å². The summed E-state index contributed by atoms with van der Waals surface area (Å²) < 4.78 is 0.992. The van der Waals surface area contributed by atoms with Crippen molar-refractivity contribution in [2.24, 2.45) is 0 Å². The number of carbonyl (C=O) groups is 2. The largest absolute Gasteiger partial charge is 0.481 e. The van der Waals surface area contributed by atoms with Crippen molar-refractivity contribution in [2.75, 3.05) is 6.54 Å². The van der Waals surface area contributed by atoms with Crippen LogP contribution in [0.2, 0.25) is 0 Å². The van der Waals surface area contributed by atoms with Gasteiger partial charge in [0.15, 0.2) is 0 Å². The molecule has 1 atom stereocenters. The fraction of sp³-hybridized carbons (Fsp3) is 0.467. The number of benzene rings is 1. The first kappa shape index (κ1) is 15.8. The van der Waals surface area contributed by atoms with Crippen molar-refractivity contribution in [1.29, 1.82) is 0 Å². The summed E-state index contributed by atoms with van der Waals surface area (Å²) in [5.74, 6) is -0.880. The Labute approximate surface area is 132 Å². The molecule has 1 aliphatic carbocycles. The van der Waals surface area contributed by atoms with E-state index in [-0.39, 0.29) is 31.1 Å². The summed E-state index contributed by atoms with van der Waals surface area (Å²) in [6, 6.07) is 7.66. The number of carboxylic acids is 1. The Balaban J connectivity index is 1.94. The third-order valence-corrected chi connectivity index (χ3v) is 4.05. The van der Waals surface area contributed by atoms with Crippen molar-refractivity contribution in [3.05, 3.63) is 34.3 Å². The maximum Gasteiger partial charge on any atom is 0.318 e. The minimum atomic E-state index is -0.880. The average Bonchev–Trinajstić information content (AvgIpc) is 3.23. The first-order valence-electron chi connectivity index (χ1n) is 7.01. The Morgan fingerprint density at radius 2 is 2.00 bits per heavy atom. The molecule has 0 aliphatic heterocycles. The number of aliphatic carboxylic acids is 1. The summed E-state index contributed by atoms with van der Waals surface area (Å²) in [7, 11) is 0. The Morgan fingerprint density at radius 3 is 2.52 bits per heavy atom. The van der Waals surface area contributed by atoms with E-state index in [0.29, 0.717) is 0 Å². The molecule has 6 heteroatoms. The third-order valence-electron chi connectivity index (χ3n) is 3.53. The van der Waals surface area contributed by atoms with Crippen LogP contribution in [0, 0.1) is 0 Å². The first-order valence-corrected chi connectivity index (χ1v) is 7.81. The van der Waals surface area contributed by atoms with Crippen LogP contribution in [0.3, 0.4) is 0 Å². The molecule has 0 saturated heterocycles. The lowest BCUT2D eigenvalue weighted by Crippen LogP contribution is -2.43. The summed E-state index contributed by atoms with van der Waals surface area (Å²) in [6.45, 7) is 2.18. The van der Waals surface area contributed by atoms with Crippen LogP contribution in [-0.2, 0) is 4.79 Å². The second kappa shape index (κ2) is 6.93. The topological polar surface area (TPSA) is 69.6 Å². The quantitative estimate of drug-likeness (QED) is 0.824. The van der Waals surface area contributed by atoms with Gasteiger partial charge in [-0.3, -0.25) is 4.79 Å². The molecule has 2 amide bonds. The number of nitrogens with zero attached hydrogens (tertiary/aromatic N) is 1. The first-order chi connectivity index (χ1) is 9.97. The van der Waals surface area contributed by atoms with Gasteiger partial charge in [0.2, 0.25) is 0 Å². The lowest BCUT2D eigenvalue weighted by Gasteiger charge is -2.24. The van der Waals surface area contributed by atoms with Crippen molar-refractivity contribution in [2.45, 2.75) is 38.3 Å². The molecule has 1 aromatic rings. The number of rotatable bonds is 6. The van der Waals surface area contributed by atoms with Gasteiger partial charge in [0.05, 0.1) is 12.5 Å². The number of hydrogen-bond acceptors (Lipinski definition) is 2. The minimum absolute atomic E-state index is 0.0173. The zero-order valence-electron chi connectivity index (χ0n) is 11.9. The lowest BCUT2D eigenvalue weighted by atomic mass is 10.1. The van der Waals surface area contributed by atoms with E-state index in [4.69, 9.17) is 5.11 Å². The molecule has 2 N–H and O–H groups in total. The van der Waals surface area contributed by atoms with E-state index < -0.39 is 5.97 Å². The van der Waals surface area contributed by atoms with Crippen molar-refractivity contribution in [3.8, 4) is 0 Å². The van der Waals surface area contributed by atoms with Crippen LogP contribution in [0.25, 0.3) is 0 Å². The standard InChI is InChI=1S/C15H19BrN2O3/c1-10(11-2-4-12(16)5-3-11)17-15(21)18(13-6-7-13)9-8-14(19)20/h2-5,10,13H,6-9H2,1H3,(H,17,21)(H,19,20). The van der Waals surface area contributed by atoms with Gasteiger partial charge in [-0.1, -0.05) is 28.1 Å². The van der Waals surface area contributed by atoms with Gasteiger partial charge in [-0.05, 0) is 37.5 Å². The van der Waals surface area contributed by atoms with E-state index >= 15 is 0 Å². The number of halogens is 1. The van der Waals surface area contributed by atoms with Gasteiger partial charge in [-0.15, -0.1) is 0 Å². The molecule has 0 aromatic heterocycles. The van der Waals surface area contributed by atoms with E-state index in [9.17, 15) is 9.59 Å². The number of carboxylic acid groups (broad SMARTS) is 1. The molecule has 5 nitrogen and oxygen atoms in total. The number of nitrogens with one attached hydrogen (secondary N) is 1. The molecule has 0 radical (unpaired) electrons. The van der Waals surface area contributed by atoms with Gasteiger partial charge in [-0.25, -0.2) is 4.79 Å². The monoisotopic (exact) mass is 354 g/mol. The van der Waals surface area contributed by atoms with E-state index in [2.05, 4.69) is 21.2 Å². The molecule has 114 valence electrons. The molecule has 0 heterocycles. The fourth-order valence-electron chi connectivity index (χ4n) is 2.16. The van der Waals surface area contributed by atoms with Gasteiger partial charge in [-0.2, -0.15) is 0 Å². The Morgan fingerprint density at radius 1 is 1.38 bits per heavy atom. The molecule has 0 spiro atoms. The summed E-state index contributed by atoms with van der Waals surface area (Å²) >= 11 is 3.38. The second-order valence-electron chi connectivity index (χ2n) is 5.29. The summed E-state index contributed by atoms with van der Waals surface area (Å²) in [6.07, 6.45) is 1.90. The Kier molecular flexibility index (Phi) is 5.22. The van der Waals surface area contributed by atoms with Crippen molar-refractivity contribution < 1.29 is 14.7 Å². The zero-order chi connectivity index (χ0) is 15.4. The molecular weight excluding hydrogens is 336 g/mol. The Bertz CT molecular complexity index is 514. The minimum Gasteiger partial charge on any atom is -0.481 e. The maximum absolute atomic E-state index is 12.3. The van der Waals surface area contributed by atoms with Crippen LogP contribution in [-0.4, -0.2) is 34.6 Å². The van der Waals surface area contributed by atoms with Crippen LogP contribution in [0.1, 0.15) is 37.8 Å². The van der Waals surface area contributed by atoms with E-state index in [1.54, 1.807) is 4.90 Å². The van der Waals surface area contributed by atoms with Crippen LogP contribution >= 0.6 is 15.9 Å². The zero-order valence-corrected chi connectivity index (χ0v) is 13.5. The SMILES string of the molecule is CC(NC(=O)N(CCC(=O)O)C1CC1)c1ccc(Br)cc1. The fourth-order valence-corrected chi connectivity index (χ4v) is 2.42. The molecule has 1 unspecified atom stereocenters. The highest BCUT2D eigenvalue weighted by Gasteiger charge is 2.33. The van der Waals surface area contributed by atoms with Gasteiger partial charge >= 0.3 is 12.0 Å². The molecular formula is C15H19BrN2O3. The van der Waals surface area contributed by atoms with Crippen molar-refractivity contribution in [1.82, 2.24) is 10.2 Å². The number of carbonyl (C=O) groups excluding carboxylic acids is 1. The summed E-state index contributed by atoms with van der Waals surface area (Å²) in [5.41, 5.74) is 1.01. The molecule has 1 saturated carbocycles. The van der Waals surface area contributed by atoms with Gasteiger partial charge in [0.25, 0.3) is 0 Å². The Hall–Kier alpha value is -1.56. The highest BCUT2D eigenvalue weighted by atomic mass is 79.9. The third kappa shape index (κ3) is 4.74. The normalized spacial score (nSPS) is 15.3. The number of amides is 2. The van der Waals surface area contributed by atoms with E-state index in [0.717, 1.165) is 22.9 Å². The maximum atomic E-state index is 12.3. The molecule has 2 rings (SSSR count). The van der Waals surface area contributed by atoms with E-state index in [1.165, 1.54) is 0 Å². The number of hydrogen-bond donors (Lipinski definition) is 2. The molecule has 1 aromatic carbocycles. The second-order valence-corrected chi connectivity index (χ2v) is 6.21. The highest BCUT2D eigenvalue weighted by molar-refractivity contribution is 9.10. The molecule has 1 fully saturated rings. The van der Waals surface area contributed by atoms with Gasteiger partial charge in [0.1, 0.15) is 0 Å². The summed E-state index contributed by atoms with van der Waals surface area (Å²) in [4.78, 5) is 24.6. The predicted octanol–water partition coefficient (Wildman–Crippen LogP) is 3.16. The van der Waals surface area contributed by atoms with Crippen LogP contribution in [0.15, 0.2) is 28.7 Å². The highest BCUT2D eigenvalue weighted by Crippen LogP contribution is 2.27. The molecule has 1 aliphatic rings. The lowest BCUT2D eigenvalue weighted by molar-refractivity contribution is -0.137.